The number of unbranched alkanes of at least 4 members (excludes halogenated alkanes) is 48. The molecule has 0 heterocycles. The minimum absolute atomic E-state index is 0.376. The minimum Gasteiger partial charge on any atom is -0.394 e. The van der Waals surface area contributed by atoms with Gasteiger partial charge in [-0.2, -0.15) is 0 Å². The van der Waals surface area contributed by atoms with Crippen molar-refractivity contribution in [2.24, 2.45) is 0 Å². The van der Waals surface area contributed by atoms with Crippen LogP contribution in [-0.4, -0.2) is 57.3 Å². The first kappa shape index (κ1) is 65.3. The van der Waals surface area contributed by atoms with Crippen LogP contribution in [0.4, 0.5) is 0 Å². The predicted molar refractivity (Wildman–Crippen MR) is 288 cm³/mol. The molecule has 6 nitrogen and oxygen atoms in total. The maximum Gasteiger partial charge on any atom is 0.249 e. The molecule has 0 fully saturated rings. The maximum absolute atomic E-state index is 12.6. The number of carbonyl (C=O) groups excluding carboxylic acids is 1. The van der Waals surface area contributed by atoms with Gasteiger partial charge in [-0.05, 0) is 12.8 Å². The molecule has 0 radical (unpaired) electrons. The second-order valence-corrected chi connectivity index (χ2v) is 21.4. The quantitative estimate of drug-likeness (QED) is 0.0390. The molecule has 4 atom stereocenters. The SMILES string of the molecule is CCCCCCCCCCCCCCCCCCCCCCCCCCCCCC(O)C(O)C(CO)NC(=O)C(O)CCCCCCCCCCCCCCCCCCCCCCCCC. The first-order valence-electron chi connectivity index (χ1n) is 30.4. The van der Waals surface area contributed by atoms with Crippen LogP contribution >= 0.6 is 0 Å². The number of aliphatic hydroxyl groups is 4. The van der Waals surface area contributed by atoms with Gasteiger partial charge in [0.1, 0.15) is 12.2 Å². The summed E-state index contributed by atoms with van der Waals surface area (Å²) in [6.45, 7) is 4.11. The Kier molecular flexibility index (Phi) is 54.7. The van der Waals surface area contributed by atoms with Crippen LogP contribution in [0.5, 0.6) is 0 Å². The fourth-order valence-electron chi connectivity index (χ4n) is 10.1. The summed E-state index contributed by atoms with van der Waals surface area (Å²) in [6.07, 6.45) is 64.7. The average Bonchev–Trinajstić information content (AvgIpc) is 3.32. The van der Waals surface area contributed by atoms with E-state index in [9.17, 15) is 25.2 Å². The highest BCUT2D eigenvalue weighted by atomic mass is 16.3. The van der Waals surface area contributed by atoms with Crippen molar-refractivity contribution in [3.05, 3.63) is 0 Å². The Labute approximate surface area is 413 Å². The van der Waals surface area contributed by atoms with E-state index in [-0.39, 0.29) is 0 Å². The average molecular weight is 937 g/mol. The van der Waals surface area contributed by atoms with Crippen LogP contribution in [0.15, 0.2) is 0 Å². The van der Waals surface area contributed by atoms with E-state index >= 15 is 0 Å². The van der Waals surface area contributed by atoms with Crippen molar-refractivity contribution in [3.8, 4) is 0 Å². The summed E-state index contributed by atoms with van der Waals surface area (Å²) in [4.78, 5) is 12.6. The van der Waals surface area contributed by atoms with Gasteiger partial charge in [-0.1, -0.05) is 335 Å². The van der Waals surface area contributed by atoms with Gasteiger partial charge in [0.05, 0.1) is 18.8 Å². The Balaban J connectivity index is 3.55. The summed E-state index contributed by atoms with van der Waals surface area (Å²) in [5.74, 6) is -0.575. The van der Waals surface area contributed by atoms with Gasteiger partial charge in [-0.3, -0.25) is 4.79 Å². The summed E-state index contributed by atoms with van der Waals surface area (Å²) >= 11 is 0. The molecule has 0 saturated heterocycles. The lowest BCUT2D eigenvalue weighted by Gasteiger charge is -2.27. The summed E-state index contributed by atoms with van der Waals surface area (Å²) in [5, 5.41) is 44.1. The van der Waals surface area contributed by atoms with Crippen LogP contribution in [0.3, 0.4) is 0 Å². The highest BCUT2D eigenvalue weighted by Crippen LogP contribution is 2.19. The third kappa shape index (κ3) is 48.3. The smallest absolute Gasteiger partial charge is 0.249 e. The molecule has 396 valence electrons. The van der Waals surface area contributed by atoms with Crippen molar-refractivity contribution in [2.45, 2.75) is 372 Å². The number of nitrogens with one attached hydrogen (secondary N) is 1. The first-order chi connectivity index (χ1) is 32.5. The summed E-state index contributed by atoms with van der Waals surface area (Å²) in [6, 6.07) is -0.981. The lowest BCUT2D eigenvalue weighted by Crippen LogP contribution is -2.53. The van der Waals surface area contributed by atoms with Gasteiger partial charge in [0.2, 0.25) is 5.91 Å². The van der Waals surface area contributed by atoms with Gasteiger partial charge < -0.3 is 25.7 Å². The Morgan fingerprint density at radius 1 is 0.318 bits per heavy atom. The summed E-state index contributed by atoms with van der Waals surface area (Å²) < 4.78 is 0. The lowest BCUT2D eigenvalue weighted by atomic mass is 9.99. The zero-order chi connectivity index (χ0) is 48.1. The Morgan fingerprint density at radius 2 is 0.515 bits per heavy atom. The molecule has 0 spiro atoms. The standard InChI is InChI=1S/C60H121NO5/c1-3-5-7-9-11-13-15-17-19-21-23-25-27-28-29-30-32-33-35-37-39-41-43-45-47-49-51-53-57(63)59(65)56(55-62)61-60(66)58(64)54-52-50-48-46-44-42-40-38-36-34-31-26-24-22-20-18-16-14-12-10-8-6-4-2/h56-59,62-65H,3-55H2,1-2H3,(H,61,66). The minimum atomic E-state index is -1.26. The van der Waals surface area contributed by atoms with Gasteiger partial charge >= 0.3 is 0 Å². The molecule has 0 rings (SSSR count). The fourth-order valence-corrected chi connectivity index (χ4v) is 10.1. The van der Waals surface area contributed by atoms with E-state index in [4.69, 9.17) is 0 Å². The molecule has 0 aromatic heterocycles. The number of hydrogen-bond donors (Lipinski definition) is 5. The van der Waals surface area contributed by atoms with E-state index in [0.717, 1.165) is 38.5 Å². The number of carbonyl (C=O) groups is 1. The van der Waals surface area contributed by atoms with Crippen molar-refractivity contribution >= 4 is 5.91 Å². The molecule has 0 bridgehead atoms. The predicted octanol–water partition coefficient (Wildman–Crippen LogP) is 17.9. The number of hydrogen-bond acceptors (Lipinski definition) is 5. The third-order valence-corrected chi connectivity index (χ3v) is 14.8. The Hall–Kier alpha value is -0.690. The van der Waals surface area contributed by atoms with E-state index in [1.807, 2.05) is 0 Å². The molecule has 0 aromatic carbocycles. The van der Waals surface area contributed by atoms with Crippen LogP contribution in [0, 0.1) is 0 Å². The summed E-state index contributed by atoms with van der Waals surface area (Å²) in [7, 11) is 0. The molecule has 0 aliphatic carbocycles. The molecule has 1 amide bonds. The molecular weight excluding hydrogens is 815 g/mol. The number of amides is 1. The molecule has 0 aliphatic heterocycles. The van der Waals surface area contributed by atoms with Crippen molar-refractivity contribution in [1.82, 2.24) is 5.32 Å². The second kappa shape index (κ2) is 55.2. The van der Waals surface area contributed by atoms with Crippen LogP contribution in [-0.2, 0) is 4.79 Å². The molecule has 5 N–H and O–H groups in total. The zero-order valence-electron chi connectivity index (χ0n) is 45.0. The van der Waals surface area contributed by atoms with Crippen LogP contribution in [0.25, 0.3) is 0 Å². The molecule has 6 heteroatoms. The van der Waals surface area contributed by atoms with Crippen molar-refractivity contribution in [1.29, 1.82) is 0 Å². The topological polar surface area (TPSA) is 110 Å². The number of rotatable bonds is 57. The van der Waals surface area contributed by atoms with Gasteiger partial charge in [-0.25, -0.2) is 0 Å². The molecule has 0 aromatic rings. The maximum atomic E-state index is 12.6. The first-order valence-corrected chi connectivity index (χ1v) is 30.4. The Bertz CT molecular complexity index is 917. The van der Waals surface area contributed by atoms with Crippen molar-refractivity contribution in [3.63, 3.8) is 0 Å². The van der Waals surface area contributed by atoms with E-state index in [0.29, 0.717) is 12.8 Å². The molecule has 4 unspecified atom stereocenters. The largest absolute Gasteiger partial charge is 0.394 e. The van der Waals surface area contributed by atoms with Gasteiger partial charge in [0.15, 0.2) is 0 Å². The lowest BCUT2D eigenvalue weighted by molar-refractivity contribution is -0.132. The van der Waals surface area contributed by atoms with E-state index in [1.165, 1.54) is 283 Å². The Morgan fingerprint density at radius 3 is 0.727 bits per heavy atom. The monoisotopic (exact) mass is 936 g/mol. The van der Waals surface area contributed by atoms with Gasteiger partial charge in [0, 0.05) is 0 Å². The van der Waals surface area contributed by atoms with Crippen molar-refractivity contribution < 1.29 is 25.2 Å². The van der Waals surface area contributed by atoms with Crippen LogP contribution < -0.4 is 5.32 Å². The number of aliphatic hydroxyl groups excluding tert-OH is 4. The highest BCUT2D eigenvalue weighted by Gasteiger charge is 2.28. The molecule has 66 heavy (non-hydrogen) atoms. The normalized spacial score (nSPS) is 13.6. The molecule has 0 aliphatic rings. The summed E-state index contributed by atoms with van der Waals surface area (Å²) in [5.41, 5.74) is 0. The highest BCUT2D eigenvalue weighted by molar-refractivity contribution is 5.80. The molecule has 0 saturated carbocycles. The zero-order valence-corrected chi connectivity index (χ0v) is 45.0. The van der Waals surface area contributed by atoms with E-state index in [1.54, 1.807) is 0 Å². The van der Waals surface area contributed by atoms with E-state index in [2.05, 4.69) is 19.2 Å². The second-order valence-electron chi connectivity index (χ2n) is 21.4. The van der Waals surface area contributed by atoms with Gasteiger partial charge in [0.25, 0.3) is 0 Å². The van der Waals surface area contributed by atoms with Crippen molar-refractivity contribution in [2.75, 3.05) is 6.61 Å². The molecular formula is C60H121NO5. The van der Waals surface area contributed by atoms with Crippen LogP contribution in [0.1, 0.15) is 348 Å². The third-order valence-electron chi connectivity index (χ3n) is 14.8. The fraction of sp³-hybridized carbons (Fsp3) is 0.983. The van der Waals surface area contributed by atoms with Gasteiger partial charge in [-0.15, -0.1) is 0 Å². The van der Waals surface area contributed by atoms with E-state index < -0.39 is 36.9 Å². The van der Waals surface area contributed by atoms with Crippen LogP contribution in [0.2, 0.25) is 0 Å².